The molecule has 236 valence electrons. The first-order chi connectivity index (χ1) is 22.3. The predicted octanol–water partition coefficient (Wildman–Crippen LogP) is 5.55. The number of imidazole rings is 2. The van der Waals surface area contributed by atoms with Gasteiger partial charge in [0.2, 0.25) is 0 Å². The third-order valence-electron chi connectivity index (χ3n) is 9.62. The van der Waals surface area contributed by atoms with Crippen LogP contribution in [-0.2, 0) is 25.4 Å². The van der Waals surface area contributed by atoms with Crippen molar-refractivity contribution in [1.29, 1.82) is 0 Å². The van der Waals surface area contributed by atoms with Crippen molar-refractivity contribution in [3.05, 3.63) is 94.5 Å². The minimum atomic E-state index is -1.02. The summed E-state index contributed by atoms with van der Waals surface area (Å²) >= 11 is 6.07. The second-order valence-corrected chi connectivity index (χ2v) is 12.8. The average Bonchev–Trinajstić information content (AvgIpc) is 3.53. The van der Waals surface area contributed by atoms with E-state index in [2.05, 4.69) is 37.0 Å². The molecule has 1 saturated carbocycles. The molecule has 3 aliphatic rings. The van der Waals surface area contributed by atoms with Crippen LogP contribution in [0, 0.1) is 11.8 Å². The summed E-state index contributed by atoms with van der Waals surface area (Å²) in [6.45, 7) is 7.73. The van der Waals surface area contributed by atoms with E-state index in [1.165, 1.54) is 11.6 Å². The van der Waals surface area contributed by atoms with Gasteiger partial charge in [0.15, 0.2) is 11.5 Å². The Morgan fingerprint density at radius 3 is 2.67 bits per heavy atom. The Kier molecular flexibility index (Phi) is 6.73. The largest absolute Gasteiger partial charge is 0.494 e. The highest BCUT2D eigenvalue weighted by Gasteiger charge is 2.58. The van der Waals surface area contributed by atoms with Crippen molar-refractivity contribution < 1.29 is 24.1 Å². The molecule has 5 aromatic rings. The van der Waals surface area contributed by atoms with Crippen LogP contribution in [0.1, 0.15) is 52.9 Å². The quantitative estimate of drug-likeness (QED) is 0.221. The minimum Gasteiger partial charge on any atom is -0.494 e. The van der Waals surface area contributed by atoms with Gasteiger partial charge >= 0.3 is 5.97 Å². The standard InChI is InChI=1S/C34H33ClN6O5/c1-4-40-18-36-13-21(40)14-41-25-10-19(33(42)43)11-27(44-3)31(25)38-29(41)17-39-15-23-24(16-39)30(23)22-6-5-7-26-32(22)46-34(2,45-26)28-9-8-20(35)12-37-28/h5-13,18,23-24,30H,4,14-17H2,1-3H3,(H,42,43)/t23-,24+,30?,34?. The molecule has 1 N–H and O–H groups in total. The van der Waals surface area contributed by atoms with Crippen molar-refractivity contribution in [2.75, 3.05) is 20.2 Å². The number of aromatic carboxylic acids is 1. The fourth-order valence-corrected chi connectivity index (χ4v) is 7.42. The van der Waals surface area contributed by atoms with Crippen LogP contribution in [0.25, 0.3) is 11.0 Å². The van der Waals surface area contributed by atoms with E-state index in [1.54, 1.807) is 25.4 Å². The van der Waals surface area contributed by atoms with Crippen molar-refractivity contribution in [3.63, 3.8) is 0 Å². The van der Waals surface area contributed by atoms with Gasteiger partial charge in [-0.15, -0.1) is 0 Å². The summed E-state index contributed by atoms with van der Waals surface area (Å²) in [5.74, 6) is 2.16. The van der Waals surface area contributed by atoms with Crippen LogP contribution < -0.4 is 14.2 Å². The number of carbonyl (C=O) groups is 1. The van der Waals surface area contributed by atoms with Crippen LogP contribution in [0.15, 0.2) is 61.2 Å². The molecule has 1 aliphatic carbocycles. The Bertz CT molecular complexity index is 1980. The fraction of sp³-hybridized carbons (Fsp3) is 0.353. The minimum absolute atomic E-state index is 0.163. The molecule has 2 aliphatic heterocycles. The first-order valence-corrected chi connectivity index (χ1v) is 15.8. The Morgan fingerprint density at radius 1 is 1.13 bits per heavy atom. The van der Waals surface area contributed by atoms with Gasteiger partial charge in [-0.2, -0.15) is 0 Å². The van der Waals surface area contributed by atoms with Crippen LogP contribution in [0.5, 0.6) is 17.2 Å². The molecule has 1 saturated heterocycles. The summed E-state index contributed by atoms with van der Waals surface area (Å²) in [6, 6.07) is 13.0. The number of hydrogen-bond acceptors (Lipinski definition) is 8. The lowest BCUT2D eigenvalue weighted by molar-refractivity contribution is -0.0721. The molecule has 5 heterocycles. The third-order valence-corrected chi connectivity index (χ3v) is 9.85. The lowest BCUT2D eigenvalue weighted by Gasteiger charge is -2.23. The number of halogens is 1. The molecule has 0 amide bonds. The molecule has 3 aromatic heterocycles. The van der Waals surface area contributed by atoms with E-state index in [0.29, 0.717) is 52.8 Å². The number of ether oxygens (including phenoxy) is 3. The average molecular weight is 641 g/mol. The van der Waals surface area contributed by atoms with Crippen molar-refractivity contribution in [3.8, 4) is 17.2 Å². The maximum atomic E-state index is 12.0. The van der Waals surface area contributed by atoms with Gasteiger partial charge in [-0.05, 0) is 55.0 Å². The van der Waals surface area contributed by atoms with Crippen molar-refractivity contribution in [2.24, 2.45) is 11.8 Å². The lowest BCUT2D eigenvalue weighted by Crippen LogP contribution is -2.32. The number of likely N-dealkylation sites (tertiary alicyclic amines) is 1. The number of fused-ring (bicyclic) bond motifs is 3. The number of rotatable bonds is 9. The fourth-order valence-electron chi connectivity index (χ4n) is 7.31. The zero-order valence-electron chi connectivity index (χ0n) is 25.7. The Morgan fingerprint density at radius 2 is 1.96 bits per heavy atom. The van der Waals surface area contributed by atoms with E-state index in [9.17, 15) is 9.90 Å². The first kappa shape index (κ1) is 28.8. The molecule has 12 heteroatoms. The Hall–Kier alpha value is -4.61. The summed E-state index contributed by atoms with van der Waals surface area (Å²) in [6.07, 6.45) is 5.27. The molecular weight excluding hydrogens is 608 g/mol. The van der Waals surface area contributed by atoms with Gasteiger partial charge in [-0.3, -0.25) is 9.88 Å². The summed E-state index contributed by atoms with van der Waals surface area (Å²) in [5.41, 5.74) is 4.41. The number of carboxylic acid groups (broad SMARTS) is 1. The van der Waals surface area contributed by atoms with Gasteiger partial charge in [0.05, 0.1) is 48.3 Å². The van der Waals surface area contributed by atoms with Gasteiger partial charge in [-0.25, -0.2) is 14.8 Å². The van der Waals surface area contributed by atoms with Crippen molar-refractivity contribution in [2.45, 2.75) is 45.2 Å². The number of aryl methyl sites for hydroxylation is 1. The Balaban J connectivity index is 1.05. The SMILES string of the molecule is CCn1cncc1Cn1c(CN2C[C@@H]3C(c4cccc5c4OC(C)(c4ccc(Cl)cn4)O5)[C@@H]3C2)nc2c(OC)cc(C(=O)O)cc21. The van der Waals surface area contributed by atoms with E-state index in [4.69, 9.17) is 30.8 Å². The van der Waals surface area contributed by atoms with Crippen LogP contribution in [-0.4, -0.2) is 60.3 Å². The van der Waals surface area contributed by atoms with Gasteiger partial charge < -0.3 is 28.5 Å². The van der Waals surface area contributed by atoms with E-state index in [1.807, 2.05) is 37.6 Å². The summed E-state index contributed by atoms with van der Waals surface area (Å²) < 4.78 is 22.6. The summed E-state index contributed by atoms with van der Waals surface area (Å²) in [7, 11) is 1.54. The highest BCUT2D eigenvalue weighted by Crippen LogP contribution is 2.62. The van der Waals surface area contributed by atoms with Crippen LogP contribution in [0.4, 0.5) is 0 Å². The number of nitrogens with zero attached hydrogens (tertiary/aromatic N) is 6. The molecule has 0 bridgehead atoms. The van der Waals surface area contributed by atoms with Gasteiger partial charge in [0.1, 0.15) is 22.8 Å². The number of benzene rings is 2. The molecule has 4 atom stereocenters. The summed E-state index contributed by atoms with van der Waals surface area (Å²) in [5, 5.41) is 10.4. The second-order valence-electron chi connectivity index (χ2n) is 12.4. The monoisotopic (exact) mass is 640 g/mol. The number of pyridine rings is 1. The van der Waals surface area contributed by atoms with Crippen LogP contribution >= 0.6 is 11.6 Å². The number of methoxy groups -OCH3 is 1. The molecule has 2 unspecified atom stereocenters. The van der Waals surface area contributed by atoms with Gasteiger partial charge in [-0.1, -0.05) is 23.7 Å². The maximum absolute atomic E-state index is 12.0. The Labute approximate surface area is 270 Å². The molecule has 11 nitrogen and oxygen atoms in total. The lowest BCUT2D eigenvalue weighted by atomic mass is 10.0. The molecule has 2 aromatic carbocycles. The molecule has 0 spiro atoms. The molecule has 2 fully saturated rings. The normalized spacial score (nSPS) is 23.2. The van der Waals surface area contributed by atoms with Crippen LogP contribution in [0.2, 0.25) is 5.02 Å². The van der Waals surface area contributed by atoms with Gasteiger partial charge in [0.25, 0.3) is 5.79 Å². The van der Waals surface area contributed by atoms with Crippen molar-refractivity contribution in [1.82, 2.24) is 29.0 Å². The zero-order valence-corrected chi connectivity index (χ0v) is 26.4. The molecule has 0 radical (unpaired) electrons. The van der Waals surface area contributed by atoms with E-state index >= 15 is 0 Å². The molecule has 46 heavy (non-hydrogen) atoms. The number of piperidine rings is 1. The highest BCUT2D eigenvalue weighted by molar-refractivity contribution is 6.30. The smallest absolute Gasteiger partial charge is 0.335 e. The van der Waals surface area contributed by atoms with Gasteiger partial charge in [0, 0.05) is 44.5 Å². The zero-order chi connectivity index (χ0) is 31.7. The van der Waals surface area contributed by atoms with E-state index in [0.717, 1.165) is 48.2 Å². The van der Waals surface area contributed by atoms with Crippen LogP contribution in [0.3, 0.4) is 0 Å². The maximum Gasteiger partial charge on any atom is 0.335 e. The topological polar surface area (TPSA) is 117 Å². The molecule has 8 rings (SSSR count). The number of hydrogen-bond donors (Lipinski definition) is 1. The van der Waals surface area contributed by atoms with E-state index < -0.39 is 11.8 Å². The predicted molar refractivity (Wildman–Crippen MR) is 170 cm³/mol. The second kappa shape index (κ2) is 10.7. The van der Waals surface area contributed by atoms with E-state index in [-0.39, 0.29) is 5.56 Å². The number of aromatic nitrogens is 5. The number of carboxylic acids is 1. The number of para-hydroxylation sites is 1. The molecular formula is C34H33ClN6O5. The summed E-state index contributed by atoms with van der Waals surface area (Å²) in [4.78, 5) is 28.2. The first-order valence-electron chi connectivity index (χ1n) is 15.4. The highest BCUT2D eigenvalue weighted by atomic mass is 35.5. The van der Waals surface area contributed by atoms with Crippen molar-refractivity contribution >= 4 is 28.6 Å². The third kappa shape index (κ3) is 4.68.